The van der Waals surface area contributed by atoms with E-state index in [0.717, 1.165) is 48.6 Å². The van der Waals surface area contributed by atoms with Gasteiger partial charge in [0.1, 0.15) is 11.6 Å². The minimum absolute atomic E-state index is 0.705. The quantitative estimate of drug-likeness (QED) is 0.851. The summed E-state index contributed by atoms with van der Waals surface area (Å²) in [7, 11) is 0. The van der Waals surface area contributed by atoms with Gasteiger partial charge >= 0.3 is 0 Å². The van der Waals surface area contributed by atoms with E-state index in [1.807, 2.05) is 0 Å². The number of aromatic nitrogens is 2. The molecular formula is C19H29N5. The molecule has 0 aliphatic carbocycles. The third kappa shape index (κ3) is 3.39. The average molecular weight is 327 g/mol. The third-order valence-corrected chi connectivity index (χ3v) is 5.59. The molecule has 24 heavy (non-hydrogen) atoms. The van der Waals surface area contributed by atoms with Crippen LogP contribution in [-0.2, 0) is 12.8 Å². The van der Waals surface area contributed by atoms with Gasteiger partial charge in [0.2, 0.25) is 0 Å². The zero-order chi connectivity index (χ0) is 16.9. The zero-order valence-corrected chi connectivity index (χ0v) is 15.1. The highest BCUT2D eigenvalue weighted by atomic mass is 15.3. The van der Waals surface area contributed by atoms with Gasteiger partial charge in [0.25, 0.3) is 0 Å². The second kappa shape index (κ2) is 7.94. The van der Waals surface area contributed by atoms with E-state index < -0.39 is 0 Å². The minimum Gasteiger partial charge on any atom is -0.354 e. The van der Waals surface area contributed by atoms with Crippen LogP contribution in [0.1, 0.15) is 62.8 Å². The minimum atomic E-state index is 0.705. The van der Waals surface area contributed by atoms with E-state index in [0.29, 0.717) is 6.04 Å². The summed E-state index contributed by atoms with van der Waals surface area (Å²) in [5, 5.41) is 18.6. The Morgan fingerprint density at radius 2 is 1.79 bits per heavy atom. The Morgan fingerprint density at radius 3 is 2.46 bits per heavy atom. The van der Waals surface area contributed by atoms with E-state index in [-0.39, 0.29) is 0 Å². The molecular weight excluding hydrogens is 298 g/mol. The lowest BCUT2D eigenvalue weighted by Gasteiger charge is -2.27. The number of hydrogen-bond donors (Lipinski definition) is 0. The van der Waals surface area contributed by atoms with E-state index in [4.69, 9.17) is 0 Å². The molecule has 0 bridgehead atoms. The summed E-state index contributed by atoms with van der Waals surface area (Å²) in [6, 6.07) is 3.12. The first-order valence-electron chi connectivity index (χ1n) is 9.56. The highest BCUT2D eigenvalue weighted by Gasteiger charge is 2.27. The lowest BCUT2D eigenvalue weighted by atomic mass is 10.0. The number of nitrogens with zero attached hydrogens (tertiary/aromatic N) is 5. The van der Waals surface area contributed by atoms with Crippen LogP contribution < -0.4 is 4.90 Å². The standard InChI is InChI=1S/C19H29N5/c1-3-16-17(14-20)19(22-21-18(16)4-2)24-12-7-8-15(9-13-24)23-10-5-6-11-23/h15H,3-13H2,1-2H3/t15-/m0/s1. The molecule has 2 fully saturated rings. The van der Waals surface area contributed by atoms with Crippen molar-refractivity contribution in [2.45, 2.75) is 64.8 Å². The van der Waals surface area contributed by atoms with Crippen LogP contribution in [0, 0.1) is 11.3 Å². The lowest BCUT2D eigenvalue weighted by molar-refractivity contribution is 0.225. The van der Waals surface area contributed by atoms with Crippen molar-refractivity contribution in [1.82, 2.24) is 15.1 Å². The maximum atomic E-state index is 9.72. The normalized spacial score (nSPS) is 22.4. The molecule has 5 nitrogen and oxygen atoms in total. The Balaban J connectivity index is 1.80. The van der Waals surface area contributed by atoms with E-state index in [9.17, 15) is 5.26 Å². The Labute approximate surface area is 145 Å². The lowest BCUT2D eigenvalue weighted by Crippen LogP contribution is -2.34. The van der Waals surface area contributed by atoms with Crippen LogP contribution in [0.4, 0.5) is 5.82 Å². The monoisotopic (exact) mass is 327 g/mol. The molecule has 0 N–H and O–H groups in total. The summed E-state index contributed by atoms with van der Waals surface area (Å²) < 4.78 is 0. The van der Waals surface area contributed by atoms with Gasteiger partial charge in [-0.15, -0.1) is 5.10 Å². The molecule has 1 aromatic rings. The van der Waals surface area contributed by atoms with Gasteiger partial charge in [-0.1, -0.05) is 13.8 Å². The molecule has 2 aliphatic heterocycles. The van der Waals surface area contributed by atoms with Crippen LogP contribution in [0.2, 0.25) is 0 Å². The molecule has 0 amide bonds. The van der Waals surface area contributed by atoms with Gasteiger partial charge in [0.15, 0.2) is 5.82 Å². The van der Waals surface area contributed by atoms with E-state index in [2.05, 4.69) is 39.9 Å². The Hall–Kier alpha value is -1.67. The van der Waals surface area contributed by atoms with Crippen molar-refractivity contribution in [3.8, 4) is 6.07 Å². The van der Waals surface area contributed by atoms with Gasteiger partial charge in [0.05, 0.1) is 5.69 Å². The van der Waals surface area contributed by atoms with Crippen LogP contribution in [0.25, 0.3) is 0 Å². The molecule has 0 radical (unpaired) electrons. The molecule has 3 heterocycles. The van der Waals surface area contributed by atoms with Crippen molar-refractivity contribution in [1.29, 1.82) is 5.26 Å². The van der Waals surface area contributed by atoms with Crippen molar-refractivity contribution in [3.05, 3.63) is 16.8 Å². The summed E-state index contributed by atoms with van der Waals surface area (Å²) in [6.07, 6.45) is 7.99. The summed E-state index contributed by atoms with van der Waals surface area (Å²) in [4.78, 5) is 4.97. The molecule has 0 spiro atoms. The predicted octanol–water partition coefficient (Wildman–Crippen LogP) is 2.93. The Bertz CT molecular complexity index is 601. The van der Waals surface area contributed by atoms with Crippen LogP contribution in [0.3, 0.4) is 0 Å². The third-order valence-electron chi connectivity index (χ3n) is 5.59. The number of hydrogen-bond acceptors (Lipinski definition) is 5. The molecule has 2 aliphatic rings. The fourth-order valence-corrected chi connectivity index (χ4v) is 4.26. The van der Waals surface area contributed by atoms with Crippen molar-refractivity contribution in [2.75, 3.05) is 31.1 Å². The fraction of sp³-hybridized carbons (Fsp3) is 0.737. The highest BCUT2D eigenvalue weighted by molar-refractivity contribution is 5.58. The van der Waals surface area contributed by atoms with Gasteiger partial charge in [-0.25, -0.2) is 0 Å². The van der Waals surface area contributed by atoms with Gasteiger partial charge in [0, 0.05) is 19.1 Å². The number of likely N-dealkylation sites (tertiary alicyclic amines) is 1. The Kier molecular flexibility index (Phi) is 5.68. The molecule has 2 saturated heterocycles. The van der Waals surface area contributed by atoms with Gasteiger partial charge in [-0.3, -0.25) is 0 Å². The van der Waals surface area contributed by atoms with E-state index >= 15 is 0 Å². The Morgan fingerprint density at radius 1 is 1.00 bits per heavy atom. The van der Waals surface area contributed by atoms with Crippen LogP contribution in [-0.4, -0.2) is 47.3 Å². The average Bonchev–Trinajstić information content (AvgIpc) is 3.05. The maximum Gasteiger partial charge on any atom is 0.169 e. The van der Waals surface area contributed by atoms with Gasteiger partial charge < -0.3 is 9.80 Å². The number of rotatable bonds is 4. The number of anilines is 1. The van der Waals surface area contributed by atoms with Crippen molar-refractivity contribution in [2.24, 2.45) is 0 Å². The van der Waals surface area contributed by atoms with Crippen LogP contribution in [0.15, 0.2) is 0 Å². The molecule has 0 saturated carbocycles. The first kappa shape index (κ1) is 17.2. The first-order chi connectivity index (χ1) is 11.8. The molecule has 1 atom stereocenters. The van der Waals surface area contributed by atoms with Gasteiger partial charge in [-0.05, 0) is 63.6 Å². The maximum absolute atomic E-state index is 9.72. The second-order valence-corrected chi connectivity index (χ2v) is 6.96. The van der Waals surface area contributed by atoms with Crippen LogP contribution >= 0.6 is 0 Å². The number of aryl methyl sites for hydroxylation is 1. The predicted molar refractivity (Wildman–Crippen MR) is 96.2 cm³/mol. The highest BCUT2D eigenvalue weighted by Crippen LogP contribution is 2.27. The summed E-state index contributed by atoms with van der Waals surface area (Å²) >= 11 is 0. The molecule has 5 heteroatoms. The van der Waals surface area contributed by atoms with E-state index in [1.54, 1.807) is 0 Å². The largest absolute Gasteiger partial charge is 0.354 e. The molecule has 0 aromatic carbocycles. The summed E-state index contributed by atoms with van der Waals surface area (Å²) in [6.45, 7) is 8.68. The van der Waals surface area contributed by atoms with Crippen molar-refractivity contribution in [3.63, 3.8) is 0 Å². The fourth-order valence-electron chi connectivity index (χ4n) is 4.26. The van der Waals surface area contributed by atoms with Gasteiger partial charge in [-0.2, -0.15) is 10.4 Å². The topological polar surface area (TPSA) is 56.1 Å². The van der Waals surface area contributed by atoms with Crippen LogP contribution in [0.5, 0.6) is 0 Å². The second-order valence-electron chi connectivity index (χ2n) is 6.96. The van der Waals surface area contributed by atoms with Crippen molar-refractivity contribution < 1.29 is 0 Å². The molecule has 130 valence electrons. The SMILES string of the molecule is CCc1nnc(N2CCC[C@H](N3CCCC3)CC2)c(C#N)c1CC. The zero-order valence-electron chi connectivity index (χ0n) is 15.1. The number of nitriles is 1. The molecule has 0 unspecified atom stereocenters. The summed E-state index contributed by atoms with van der Waals surface area (Å²) in [5.41, 5.74) is 2.82. The first-order valence-corrected chi connectivity index (χ1v) is 9.56. The smallest absolute Gasteiger partial charge is 0.169 e. The molecule has 3 rings (SSSR count). The molecule has 1 aromatic heterocycles. The van der Waals surface area contributed by atoms with E-state index in [1.165, 1.54) is 45.2 Å². The summed E-state index contributed by atoms with van der Waals surface area (Å²) in [5.74, 6) is 0.814. The van der Waals surface area contributed by atoms with Crippen molar-refractivity contribution >= 4 is 5.82 Å².